The summed E-state index contributed by atoms with van der Waals surface area (Å²) in [6.07, 6.45) is -3.05. The van der Waals surface area contributed by atoms with Crippen LogP contribution in [-0.2, 0) is 47.5 Å². The molecule has 0 aliphatic carbocycles. The summed E-state index contributed by atoms with van der Waals surface area (Å²) in [5, 5.41) is 25.2. The van der Waals surface area contributed by atoms with Crippen molar-refractivity contribution in [2.75, 3.05) is 34.4 Å². The Morgan fingerprint density at radius 2 is 1.73 bits per heavy atom. The standard InChI is InChI=1S/C52H76N2O12S/c1-15-40-52(11)42(30(3)28-61-52)32(5)43(55)29(2)24-51(10,60-20-16-18-36-23-37(27-53-26-36)39-19-17-21-67-39)47(66-49-44(56)38(54(12)13)22-31(4)62-49)33(6)45(34(7)48(58)64-40)65-41-25-50(9,59-14)46(57)35(8)63-41/h17,19,21,23,26-27,29,31-35,38,40-42,44-47,49,56-57H,3,15,20,22,24-25,28H2,1-2,4-14H3/t29?,31-,32?,33-,34+,35-,38?,40?,41?,42?,44-,45?,46?,47+,49+,50?,51?,52+/m0/s1. The minimum Gasteiger partial charge on any atom is -0.459 e. The molecule has 15 heteroatoms. The van der Waals surface area contributed by atoms with E-state index in [1.165, 1.54) is 7.11 Å². The van der Waals surface area contributed by atoms with Crippen molar-refractivity contribution in [2.24, 2.45) is 29.6 Å². The molecular formula is C52H76N2O12S. The SMILES string of the molecule is C=C1CO[C@]2(C)C(CC)OC(=O)[C@H](C)C(OC3CC(C)(OC)C(O)[C@H](C)O3)[C@H](C)[C@@H](O[C@H]3O[C@@H](C)CC(N(C)C)[C@@H]3O)C(C)(OCC#Cc3cncc(-c4cccs4)c3)CC(C)C(=O)C(C)C12. The molecular weight excluding hydrogens is 877 g/mol. The average molecular weight is 953 g/mol. The van der Waals surface area contributed by atoms with Gasteiger partial charge < -0.3 is 53.0 Å². The number of ketones is 1. The van der Waals surface area contributed by atoms with Crippen LogP contribution in [0.25, 0.3) is 10.4 Å². The molecule has 372 valence electrons. The van der Waals surface area contributed by atoms with Crippen LogP contribution >= 0.6 is 11.3 Å². The number of likely N-dealkylation sites (N-methyl/N-ethyl adjacent to an activating group) is 1. The lowest BCUT2D eigenvalue weighted by Crippen LogP contribution is -2.61. The van der Waals surface area contributed by atoms with Crippen LogP contribution in [0.15, 0.2) is 48.1 Å². The zero-order valence-corrected chi connectivity index (χ0v) is 42.7. The second-order valence-corrected chi connectivity index (χ2v) is 21.3. The van der Waals surface area contributed by atoms with Gasteiger partial charge in [-0.15, -0.1) is 11.3 Å². The first-order chi connectivity index (χ1) is 31.6. The van der Waals surface area contributed by atoms with Gasteiger partial charge in [-0.1, -0.05) is 52.2 Å². The molecule has 2 aromatic heterocycles. The van der Waals surface area contributed by atoms with Crippen LogP contribution < -0.4 is 0 Å². The van der Waals surface area contributed by atoms with Gasteiger partial charge in [0.2, 0.25) is 0 Å². The van der Waals surface area contributed by atoms with Crippen LogP contribution in [-0.4, -0.2) is 144 Å². The summed E-state index contributed by atoms with van der Waals surface area (Å²) in [7, 11) is 5.35. The first-order valence-electron chi connectivity index (χ1n) is 23.9. The number of aliphatic hydroxyl groups excluding tert-OH is 2. The Labute approximate surface area is 402 Å². The van der Waals surface area contributed by atoms with E-state index in [9.17, 15) is 19.8 Å². The van der Waals surface area contributed by atoms with Crippen molar-refractivity contribution in [3.8, 4) is 22.3 Å². The normalized spacial score (nSPS) is 41.3. The number of hydrogen-bond donors (Lipinski definition) is 2. The first-order valence-corrected chi connectivity index (χ1v) is 24.8. The number of rotatable bonds is 10. The zero-order valence-electron chi connectivity index (χ0n) is 41.9. The summed E-state index contributed by atoms with van der Waals surface area (Å²) in [6.45, 7) is 23.2. The molecule has 6 rings (SSSR count). The lowest BCUT2D eigenvalue weighted by molar-refractivity contribution is -0.320. The van der Waals surface area contributed by atoms with Gasteiger partial charge >= 0.3 is 5.97 Å². The summed E-state index contributed by atoms with van der Waals surface area (Å²) >= 11 is 1.62. The molecule has 4 saturated heterocycles. The topological polar surface area (TPSA) is 165 Å². The third kappa shape index (κ3) is 11.4. The monoisotopic (exact) mass is 953 g/mol. The molecule has 6 heterocycles. The molecule has 67 heavy (non-hydrogen) atoms. The Balaban J connectivity index is 1.49. The van der Waals surface area contributed by atoms with E-state index in [1.807, 2.05) is 91.0 Å². The van der Waals surface area contributed by atoms with Gasteiger partial charge in [-0.05, 0) is 98.0 Å². The number of carbonyl (C=O) groups excluding carboxylic acids is 2. The molecule has 0 bridgehead atoms. The molecule has 4 aliphatic heterocycles. The van der Waals surface area contributed by atoms with Gasteiger partial charge in [-0.3, -0.25) is 14.6 Å². The highest BCUT2D eigenvalue weighted by Crippen LogP contribution is 2.47. The maximum Gasteiger partial charge on any atom is 0.311 e. The van der Waals surface area contributed by atoms with Gasteiger partial charge in [0.25, 0.3) is 0 Å². The first kappa shape index (κ1) is 53.2. The number of hydrogen-bond acceptors (Lipinski definition) is 15. The highest BCUT2D eigenvalue weighted by Gasteiger charge is 2.57. The second kappa shape index (κ2) is 21.9. The second-order valence-electron chi connectivity index (χ2n) is 20.4. The van der Waals surface area contributed by atoms with E-state index in [1.54, 1.807) is 44.5 Å². The molecule has 0 saturated carbocycles. The van der Waals surface area contributed by atoms with Crippen LogP contribution in [0, 0.1) is 41.4 Å². The maximum atomic E-state index is 15.0. The molecule has 0 radical (unpaired) electrons. The number of carbonyl (C=O) groups is 2. The zero-order chi connectivity index (χ0) is 49.2. The van der Waals surface area contributed by atoms with Crippen molar-refractivity contribution in [1.29, 1.82) is 0 Å². The molecule has 2 N–H and O–H groups in total. The van der Waals surface area contributed by atoms with Crippen LogP contribution in [0.5, 0.6) is 0 Å². The van der Waals surface area contributed by atoms with E-state index in [-0.39, 0.29) is 44.0 Å². The number of thiophene rings is 1. The summed E-state index contributed by atoms with van der Waals surface area (Å²) in [4.78, 5) is 37.3. The molecule has 14 nitrogen and oxygen atoms in total. The molecule has 0 aromatic carbocycles. The highest BCUT2D eigenvalue weighted by atomic mass is 32.1. The minimum atomic E-state index is -1.34. The van der Waals surface area contributed by atoms with Crippen molar-refractivity contribution < 1.29 is 57.7 Å². The Morgan fingerprint density at radius 1 is 1.00 bits per heavy atom. The van der Waals surface area contributed by atoms with Crippen molar-refractivity contribution in [1.82, 2.24) is 9.88 Å². The van der Waals surface area contributed by atoms with Gasteiger partial charge in [0, 0.05) is 71.6 Å². The number of cyclic esters (lactones) is 1. The van der Waals surface area contributed by atoms with E-state index in [0.29, 0.717) is 18.4 Å². The fourth-order valence-corrected chi connectivity index (χ4v) is 11.9. The lowest BCUT2D eigenvalue weighted by atomic mass is 9.69. The lowest BCUT2D eigenvalue weighted by Gasteiger charge is -2.50. The predicted molar refractivity (Wildman–Crippen MR) is 255 cm³/mol. The predicted octanol–water partition coefficient (Wildman–Crippen LogP) is 6.83. The van der Waals surface area contributed by atoms with E-state index >= 15 is 0 Å². The summed E-state index contributed by atoms with van der Waals surface area (Å²) in [5.41, 5.74) is -1.02. The summed E-state index contributed by atoms with van der Waals surface area (Å²) in [6, 6.07) is 5.70. The fraction of sp³-hybridized carbons (Fsp3) is 0.712. The Kier molecular flexibility index (Phi) is 17.4. The average Bonchev–Trinajstić information content (AvgIpc) is 3.95. The van der Waals surface area contributed by atoms with E-state index < -0.39 is 102 Å². The molecule has 4 fully saturated rings. The summed E-state index contributed by atoms with van der Waals surface area (Å²) in [5.74, 6) is 2.53. The number of aliphatic hydroxyl groups is 2. The number of nitrogens with zero attached hydrogens (tertiary/aromatic N) is 2. The van der Waals surface area contributed by atoms with Crippen LogP contribution in [0.2, 0.25) is 0 Å². The third-order valence-electron chi connectivity index (χ3n) is 15.1. The third-order valence-corrected chi connectivity index (χ3v) is 16.0. The molecule has 10 unspecified atom stereocenters. The highest BCUT2D eigenvalue weighted by molar-refractivity contribution is 7.13. The molecule has 0 amide bonds. The number of pyridine rings is 1. The smallest absolute Gasteiger partial charge is 0.311 e. The molecule has 2 aromatic rings. The van der Waals surface area contributed by atoms with Crippen molar-refractivity contribution >= 4 is 23.1 Å². The maximum absolute atomic E-state index is 15.0. The van der Waals surface area contributed by atoms with E-state index in [4.69, 9.17) is 37.9 Å². The van der Waals surface area contributed by atoms with Gasteiger partial charge in [-0.25, -0.2) is 0 Å². The number of ether oxygens (including phenoxy) is 8. The van der Waals surface area contributed by atoms with E-state index in [2.05, 4.69) is 23.4 Å². The Bertz CT molecular complexity index is 2070. The van der Waals surface area contributed by atoms with Crippen LogP contribution in [0.4, 0.5) is 0 Å². The fourth-order valence-electron chi connectivity index (χ4n) is 11.2. The molecule has 18 atom stereocenters. The number of fused-ring (bicyclic) bond motifs is 1. The summed E-state index contributed by atoms with van der Waals surface area (Å²) < 4.78 is 52.8. The largest absolute Gasteiger partial charge is 0.459 e. The molecule has 0 spiro atoms. The number of methoxy groups -OCH3 is 1. The van der Waals surface area contributed by atoms with Gasteiger partial charge in [0.15, 0.2) is 12.6 Å². The Morgan fingerprint density at radius 3 is 2.39 bits per heavy atom. The number of esters is 1. The quantitative estimate of drug-likeness (QED) is 0.145. The number of aromatic nitrogens is 1. The van der Waals surface area contributed by atoms with Crippen molar-refractivity contribution in [3.05, 3.63) is 53.7 Å². The van der Waals surface area contributed by atoms with Crippen molar-refractivity contribution in [2.45, 2.75) is 173 Å². The Hall–Kier alpha value is -3.11. The number of Topliss-reactive ketones (excluding diaryl/α,β-unsaturated/α-hetero) is 1. The molecule has 4 aliphatic rings. The van der Waals surface area contributed by atoms with Crippen molar-refractivity contribution in [3.63, 3.8) is 0 Å². The van der Waals surface area contributed by atoms with Crippen LogP contribution in [0.3, 0.4) is 0 Å². The van der Waals surface area contributed by atoms with E-state index in [0.717, 1.165) is 16.0 Å². The van der Waals surface area contributed by atoms with Gasteiger partial charge in [0.05, 0.1) is 48.1 Å². The minimum absolute atomic E-state index is 0.0386. The van der Waals surface area contributed by atoms with Crippen LogP contribution in [0.1, 0.15) is 100 Å². The van der Waals surface area contributed by atoms with Gasteiger partial charge in [-0.2, -0.15) is 0 Å². The van der Waals surface area contributed by atoms with Gasteiger partial charge in [0.1, 0.15) is 36.3 Å².